The Hall–Kier alpha value is -1.85. The zero-order chi connectivity index (χ0) is 17.4. The van der Waals surface area contributed by atoms with Crippen LogP contribution in [0.25, 0.3) is 0 Å². The van der Waals surface area contributed by atoms with E-state index in [0.717, 1.165) is 37.1 Å². The molecule has 0 radical (unpaired) electrons. The van der Waals surface area contributed by atoms with Crippen LogP contribution in [0, 0.1) is 0 Å². The molecule has 5 rings (SSSR count). The topological polar surface area (TPSA) is 70.0 Å². The number of hydrogen-bond acceptors (Lipinski definition) is 5. The molecular weight excluding hydrogens is 318 g/mol. The maximum atomic E-state index is 12.7. The summed E-state index contributed by atoms with van der Waals surface area (Å²) in [6, 6.07) is 3.56. The number of ketones is 1. The van der Waals surface area contributed by atoms with E-state index in [4.69, 9.17) is 4.74 Å². The summed E-state index contributed by atoms with van der Waals surface area (Å²) in [6.45, 7) is 5.51. The number of nitrogens with zero attached hydrogens (tertiary/aromatic N) is 1. The Labute approximate surface area is 146 Å². The van der Waals surface area contributed by atoms with Crippen LogP contribution in [-0.4, -0.2) is 51.7 Å². The fraction of sp³-hybridized carbons (Fsp3) is 0.550. The van der Waals surface area contributed by atoms with Crippen LogP contribution in [0.1, 0.15) is 36.8 Å². The highest BCUT2D eigenvalue weighted by Gasteiger charge is 2.73. The van der Waals surface area contributed by atoms with Gasteiger partial charge in [0.25, 0.3) is 0 Å². The predicted octanol–water partition coefficient (Wildman–Crippen LogP) is 1.69. The van der Waals surface area contributed by atoms with E-state index in [0.29, 0.717) is 25.0 Å². The van der Waals surface area contributed by atoms with Gasteiger partial charge in [-0.2, -0.15) is 0 Å². The van der Waals surface area contributed by atoms with Gasteiger partial charge in [-0.1, -0.05) is 12.1 Å². The number of aliphatic hydroxyl groups is 1. The minimum Gasteiger partial charge on any atom is -0.504 e. The molecule has 2 bridgehead atoms. The number of carbonyl (C=O) groups is 1. The predicted molar refractivity (Wildman–Crippen MR) is 91.9 cm³/mol. The Balaban J connectivity index is 1.73. The average molecular weight is 341 g/mol. The highest BCUT2D eigenvalue weighted by molar-refractivity contribution is 5.90. The lowest BCUT2D eigenvalue weighted by Crippen LogP contribution is -2.76. The van der Waals surface area contributed by atoms with E-state index in [1.807, 2.05) is 12.1 Å². The Bertz CT molecular complexity index is 790. The molecule has 5 nitrogen and oxygen atoms in total. The molecule has 0 amide bonds. The third-order valence-corrected chi connectivity index (χ3v) is 6.99. The molecule has 132 valence electrons. The molecule has 5 heteroatoms. The van der Waals surface area contributed by atoms with Crippen molar-refractivity contribution in [1.29, 1.82) is 0 Å². The average Bonchev–Trinajstić information content (AvgIpc) is 2.95. The number of piperidine rings is 1. The van der Waals surface area contributed by atoms with Crippen LogP contribution in [0.3, 0.4) is 0 Å². The van der Waals surface area contributed by atoms with Gasteiger partial charge in [0.2, 0.25) is 0 Å². The molecule has 1 aromatic carbocycles. The van der Waals surface area contributed by atoms with Crippen molar-refractivity contribution >= 4 is 5.78 Å². The van der Waals surface area contributed by atoms with Crippen molar-refractivity contribution in [2.75, 3.05) is 13.1 Å². The van der Waals surface area contributed by atoms with Gasteiger partial charge in [-0.3, -0.25) is 9.69 Å². The van der Waals surface area contributed by atoms with Gasteiger partial charge in [-0.25, -0.2) is 0 Å². The molecule has 2 N–H and O–H groups in total. The van der Waals surface area contributed by atoms with Crippen molar-refractivity contribution in [3.05, 3.63) is 35.9 Å². The Morgan fingerprint density at radius 1 is 1.40 bits per heavy atom. The number of ether oxygens (including phenoxy) is 1. The molecule has 1 spiro atoms. The van der Waals surface area contributed by atoms with E-state index >= 15 is 0 Å². The number of aromatic hydroxyl groups is 1. The summed E-state index contributed by atoms with van der Waals surface area (Å²) < 4.78 is 6.01. The molecule has 25 heavy (non-hydrogen) atoms. The number of hydrogen-bond donors (Lipinski definition) is 2. The summed E-state index contributed by atoms with van der Waals surface area (Å²) in [7, 11) is 0. The second-order valence-corrected chi connectivity index (χ2v) is 7.89. The third kappa shape index (κ3) is 1.64. The lowest BCUT2D eigenvalue weighted by atomic mass is 9.49. The zero-order valence-corrected chi connectivity index (χ0v) is 14.2. The number of Topliss-reactive ketones (excluding diaryl/α,β-unsaturated/α-hetero) is 1. The highest BCUT2D eigenvalue weighted by atomic mass is 16.5. The summed E-state index contributed by atoms with van der Waals surface area (Å²) in [4.78, 5) is 15.0. The first-order valence-corrected chi connectivity index (χ1v) is 9.15. The Morgan fingerprint density at radius 2 is 2.24 bits per heavy atom. The monoisotopic (exact) mass is 341 g/mol. The van der Waals surface area contributed by atoms with Crippen molar-refractivity contribution in [3.8, 4) is 11.5 Å². The van der Waals surface area contributed by atoms with Gasteiger partial charge in [-0.05, 0) is 43.9 Å². The minimum absolute atomic E-state index is 0.0246. The molecule has 2 aliphatic heterocycles. The van der Waals surface area contributed by atoms with Gasteiger partial charge in [0, 0.05) is 24.6 Å². The van der Waals surface area contributed by atoms with Crippen LogP contribution in [0.5, 0.6) is 11.5 Å². The summed E-state index contributed by atoms with van der Waals surface area (Å²) in [6.07, 6.45) is 4.32. The molecule has 1 saturated carbocycles. The molecule has 4 aliphatic rings. The van der Waals surface area contributed by atoms with Crippen molar-refractivity contribution in [3.63, 3.8) is 0 Å². The van der Waals surface area contributed by atoms with Crippen molar-refractivity contribution in [2.45, 2.75) is 55.3 Å². The highest BCUT2D eigenvalue weighted by Crippen LogP contribution is 2.64. The fourth-order valence-electron chi connectivity index (χ4n) is 5.94. The Kier molecular flexibility index (Phi) is 3.00. The number of carbonyl (C=O) groups excluding carboxylic acids is 1. The van der Waals surface area contributed by atoms with Crippen molar-refractivity contribution < 1.29 is 19.7 Å². The molecular formula is C20H23NO4. The van der Waals surface area contributed by atoms with Crippen LogP contribution in [0.2, 0.25) is 0 Å². The second kappa shape index (κ2) is 4.86. The van der Waals surface area contributed by atoms with Gasteiger partial charge in [-0.15, -0.1) is 6.58 Å². The van der Waals surface area contributed by atoms with Crippen LogP contribution >= 0.6 is 0 Å². The molecule has 2 aliphatic carbocycles. The zero-order valence-electron chi connectivity index (χ0n) is 14.2. The summed E-state index contributed by atoms with van der Waals surface area (Å²) in [5.41, 5.74) is 0.298. The van der Waals surface area contributed by atoms with Crippen LogP contribution in [0.4, 0.5) is 0 Å². The molecule has 2 fully saturated rings. The SMILES string of the molecule is C=CCCN1CC[C@]23c4c5ccc(O)c4OC2C(=O)CC[C@@]3(O)[C@H]1C5. The number of phenolic OH excluding ortho intramolecular Hbond substituents is 1. The van der Waals surface area contributed by atoms with E-state index < -0.39 is 17.1 Å². The first-order valence-electron chi connectivity index (χ1n) is 9.15. The minimum atomic E-state index is -0.989. The lowest BCUT2D eigenvalue weighted by molar-refractivity contribution is -0.188. The number of likely N-dealkylation sites (tertiary alicyclic amines) is 1. The first kappa shape index (κ1) is 15.4. The van der Waals surface area contributed by atoms with E-state index in [9.17, 15) is 15.0 Å². The normalized spacial score (nSPS) is 38.2. The van der Waals surface area contributed by atoms with Gasteiger partial charge >= 0.3 is 0 Å². The summed E-state index contributed by atoms with van der Waals surface area (Å²) >= 11 is 0. The van der Waals surface area contributed by atoms with E-state index in [2.05, 4.69) is 11.5 Å². The van der Waals surface area contributed by atoms with Gasteiger partial charge < -0.3 is 14.9 Å². The first-order chi connectivity index (χ1) is 12.0. The Morgan fingerprint density at radius 3 is 3.04 bits per heavy atom. The molecule has 0 aromatic heterocycles. The number of benzene rings is 1. The van der Waals surface area contributed by atoms with E-state index in [1.165, 1.54) is 0 Å². The smallest absolute Gasteiger partial charge is 0.174 e. The molecule has 4 atom stereocenters. The van der Waals surface area contributed by atoms with E-state index in [1.54, 1.807) is 6.07 Å². The summed E-state index contributed by atoms with van der Waals surface area (Å²) in [5.74, 6) is 0.547. The van der Waals surface area contributed by atoms with Gasteiger partial charge in [0.05, 0.1) is 11.0 Å². The lowest BCUT2D eigenvalue weighted by Gasteiger charge is -2.62. The standard InChI is InChI=1S/C20H23NO4/c1-2-3-9-21-10-8-19-16-12-4-5-13(22)17(16)25-18(19)14(23)6-7-20(19,24)15(21)11-12/h2,4-5,15,18,22,24H,1,3,6-11H2/t15-,18?,19+,20-/m1/s1. The van der Waals surface area contributed by atoms with Crippen LogP contribution in [0.15, 0.2) is 24.8 Å². The van der Waals surface area contributed by atoms with Crippen molar-refractivity contribution in [2.24, 2.45) is 0 Å². The van der Waals surface area contributed by atoms with Crippen LogP contribution in [-0.2, 0) is 16.6 Å². The number of phenols is 1. The number of rotatable bonds is 3. The van der Waals surface area contributed by atoms with Gasteiger partial charge in [0.15, 0.2) is 23.4 Å². The van der Waals surface area contributed by atoms with E-state index in [-0.39, 0.29) is 17.6 Å². The third-order valence-electron chi connectivity index (χ3n) is 6.99. The summed E-state index contributed by atoms with van der Waals surface area (Å²) in [5, 5.41) is 22.2. The maximum absolute atomic E-state index is 12.7. The van der Waals surface area contributed by atoms with Crippen LogP contribution < -0.4 is 4.74 Å². The largest absolute Gasteiger partial charge is 0.504 e. The quantitative estimate of drug-likeness (QED) is 0.819. The van der Waals surface area contributed by atoms with Gasteiger partial charge in [0.1, 0.15) is 0 Å². The van der Waals surface area contributed by atoms with Crippen molar-refractivity contribution in [1.82, 2.24) is 4.90 Å². The molecule has 1 unspecified atom stereocenters. The fourth-order valence-corrected chi connectivity index (χ4v) is 5.94. The molecule has 2 heterocycles. The second-order valence-electron chi connectivity index (χ2n) is 7.89. The maximum Gasteiger partial charge on any atom is 0.174 e. The molecule has 1 saturated heterocycles. The molecule has 1 aromatic rings.